The number of pyridine rings is 1. The van der Waals surface area contributed by atoms with Crippen LogP contribution in [-0.4, -0.2) is 10.7 Å². The van der Waals surface area contributed by atoms with E-state index in [0.717, 1.165) is 39.7 Å². The molecular formula is C18H13NO2. The van der Waals surface area contributed by atoms with Crippen LogP contribution < -0.4 is 0 Å². The van der Waals surface area contributed by atoms with Gasteiger partial charge in [0, 0.05) is 22.7 Å². The Kier molecular flexibility index (Phi) is 2.48. The van der Waals surface area contributed by atoms with Crippen molar-refractivity contribution in [2.45, 2.75) is 6.92 Å². The molecule has 0 N–H and O–H groups in total. The van der Waals surface area contributed by atoms with Crippen LogP contribution in [0.2, 0.25) is 0 Å². The molecule has 0 aliphatic heterocycles. The van der Waals surface area contributed by atoms with Crippen LogP contribution >= 0.6 is 0 Å². The first-order valence-electron chi connectivity index (χ1n) is 6.82. The SMILES string of the molecule is Cc1ccn2c(C=O)c(-c3cc4ccccc4o3)cc2c1. The monoisotopic (exact) mass is 275 g/mol. The van der Waals surface area contributed by atoms with E-state index in [2.05, 4.69) is 6.07 Å². The van der Waals surface area contributed by atoms with Gasteiger partial charge in [0.1, 0.15) is 11.3 Å². The Bertz CT molecular complexity index is 942. The highest BCUT2D eigenvalue weighted by atomic mass is 16.3. The number of nitrogens with zero attached hydrogens (tertiary/aromatic N) is 1. The number of aldehydes is 1. The standard InChI is InChI=1S/C18H13NO2/c1-12-6-7-19-14(8-12)10-15(16(19)11-20)18-9-13-4-2-3-5-17(13)21-18/h2-11H,1H3. The van der Waals surface area contributed by atoms with Crippen molar-refractivity contribution in [2.24, 2.45) is 0 Å². The van der Waals surface area contributed by atoms with Gasteiger partial charge in [0.15, 0.2) is 6.29 Å². The second-order valence-electron chi connectivity index (χ2n) is 5.21. The Morgan fingerprint density at radius 1 is 1.10 bits per heavy atom. The third-order valence-electron chi connectivity index (χ3n) is 3.77. The molecule has 4 aromatic rings. The van der Waals surface area contributed by atoms with E-state index < -0.39 is 0 Å². The van der Waals surface area contributed by atoms with Crippen LogP contribution in [0.1, 0.15) is 16.1 Å². The normalized spacial score (nSPS) is 11.3. The van der Waals surface area contributed by atoms with Gasteiger partial charge in [-0.2, -0.15) is 0 Å². The number of fused-ring (bicyclic) bond motifs is 2. The Balaban J connectivity index is 2.02. The zero-order valence-corrected chi connectivity index (χ0v) is 11.5. The highest BCUT2D eigenvalue weighted by molar-refractivity contribution is 5.91. The van der Waals surface area contributed by atoms with E-state index >= 15 is 0 Å². The fourth-order valence-electron chi connectivity index (χ4n) is 2.74. The first kappa shape index (κ1) is 12.0. The van der Waals surface area contributed by atoms with Crippen molar-refractivity contribution in [2.75, 3.05) is 0 Å². The van der Waals surface area contributed by atoms with Gasteiger partial charge >= 0.3 is 0 Å². The third-order valence-corrected chi connectivity index (χ3v) is 3.77. The van der Waals surface area contributed by atoms with Crippen LogP contribution in [0.15, 0.2) is 59.1 Å². The second-order valence-corrected chi connectivity index (χ2v) is 5.21. The van der Waals surface area contributed by atoms with Gasteiger partial charge in [0.2, 0.25) is 0 Å². The number of aromatic nitrogens is 1. The predicted molar refractivity (Wildman–Crippen MR) is 82.7 cm³/mol. The minimum absolute atomic E-state index is 0.615. The van der Waals surface area contributed by atoms with Crippen molar-refractivity contribution in [3.63, 3.8) is 0 Å². The van der Waals surface area contributed by atoms with Crippen LogP contribution in [0, 0.1) is 6.92 Å². The molecule has 0 spiro atoms. The molecule has 21 heavy (non-hydrogen) atoms. The highest BCUT2D eigenvalue weighted by Gasteiger charge is 2.15. The number of carbonyl (C=O) groups is 1. The number of benzene rings is 1. The van der Waals surface area contributed by atoms with Crippen molar-refractivity contribution < 1.29 is 9.21 Å². The summed E-state index contributed by atoms with van der Waals surface area (Å²) in [6.07, 6.45) is 2.80. The predicted octanol–water partition coefficient (Wildman–Crippen LogP) is 4.47. The van der Waals surface area contributed by atoms with Crippen molar-refractivity contribution in [3.8, 4) is 11.3 Å². The van der Waals surface area contributed by atoms with Gasteiger partial charge in [-0.25, -0.2) is 0 Å². The Labute approximate surface area is 121 Å². The summed E-state index contributed by atoms with van der Waals surface area (Å²) in [5.74, 6) is 0.722. The summed E-state index contributed by atoms with van der Waals surface area (Å²) in [4.78, 5) is 11.5. The lowest BCUT2D eigenvalue weighted by Crippen LogP contribution is -1.91. The maximum absolute atomic E-state index is 11.5. The van der Waals surface area contributed by atoms with Crippen LogP contribution in [0.3, 0.4) is 0 Å². The van der Waals surface area contributed by atoms with E-state index in [9.17, 15) is 4.79 Å². The smallest absolute Gasteiger partial charge is 0.167 e. The molecule has 3 heteroatoms. The Morgan fingerprint density at radius 2 is 1.95 bits per heavy atom. The van der Waals surface area contributed by atoms with E-state index in [1.165, 1.54) is 0 Å². The molecule has 0 amide bonds. The second kappa shape index (κ2) is 4.35. The quantitative estimate of drug-likeness (QED) is 0.506. The fraction of sp³-hybridized carbons (Fsp3) is 0.0556. The lowest BCUT2D eigenvalue weighted by atomic mass is 10.1. The number of hydrogen-bond donors (Lipinski definition) is 0. The Morgan fingerprint density at radius 3 is 2.76 bits per heavy atom. The van der Waals surface area contributed by atoms with Crippen LogP contribution in [-0.2, 0) is 0 Å². The molecule has 0 atom stereocenters. The number of para-hydroxylation sites is 1. The zero-order valence-electron chi connectivity index (χ0n) is 11.5. The number of rotatable bonds is 2. The van der Waals surface area contributed by atoms with E-state index in [-0.39, 0.29) is 0 Å². The van der Waals surface area contributed by atoms with Crippen molar-refractivity contribution >= 4 is 22.8 Å². The van der Waals surface area contributed by atoms with Crippen LogP contribution in [0.4, 0.5) is 0 Å². The summed E-state index contributed by atoms with van der Waals surface area (Å²) in [7, 11) is 0. The molecule has 0 fully saturated rings. The minimum Gasteiger partial charge on any atom is -0.456 e. The summed E-state index contributed by atoms with van der Waals surface area (Å²) in [6.45, 7) is 2.04. The molecule has 0 radical (unpaired) electrons. The summed E-state index contributed by atoms with van der Waals surface area (Å²) in [5, 5.41) is 1.04. The first-order valence-corrected chi connectivity index (χ1v) is 6.82. The molecule has 1 aromatic carbocycles. The topological polar surface area (TPSA) is 34.6 Å². The molecule has 0 saturated heterocycles. The van der Waals surface area contributed by atoms with Crippen molar-refractivity contribution in [1.29, 1.82) is 0 Å². The van der Waals surface area contributed by atoms with Gasteiger partial charge in [-0.3, -0.25) is 4.79 Å². The fourth-order valence-corrected chi connectivity index (χ4v) is 2.74. The molecule has 0 aliphatic carbocycles. The van der Waals surface area contributed by atoms with Crippen molar-refractivity contribution in [3.05, 3.63) is 66.0 Å². The molecule has 3 nitrogen and oxygen atoms in total. The Hall–Kier alpha value is -2.81. The lowest BCUT2D eigenvalue weighted by molar-refractivity contribution is 0.111. The molecule has 0 aliphatic rings. The summed E-state index contributed by atoms with van der Waals surface area (Å²) >= 11 is 0. The van der Waals surface area contributed by atoms with E-state index in [1.807, 2.05) is 60.0 Å². The molecule has 4 rings (SSSR count). The van der Waals surface area contributed by atoms with Gasteiger partial charge in [0.25, 0.3) is 0 Å². The minimum atomic E-state index is 0.615. The number of carbonyl (C=O) groups excluding carboxylic acids is 1. The van der Waals surface area contributed by atoms with E-state index in [0.29, 0.717) is 5.69 Å². The van der Waals surface area contributed by atoms with Gasteiger partial charge in [-0.15, -0.1) is 0 Å². The summed E-state index contributed by atoms with van der Waals surface area (Å²) in [5.41, 5.74) is 4.42. The molecule has 3 heterocycles. The average molecular weight is 275 g/mol. The molecule has 3 aromatic heterocycles. The van der Waals surface area contributed by atoms with Gasteiger partial charge in [-0.05, 0) is 42.8 Å². The highest BCUT2D eigenvalue weighted by Crippen LogP contribution is 2.32. The van der Waals surface area contributed by atoms with E-state index in [4.69, 9.17) is 4.42 Å². The summed E-state index contributed by atoms with van der Waals surface area (Å²) in [6, 6.07) is 15.9. The molecule has 0 unspecified atom stereocenters. The zero-order chi connectivity index (χ0) is 14.4. The van der Waals surface area contributed by atoms with E-state index in [1.54, 1.807) is 0 Å². The van der Waals surface area contributed by atoms with Crippen LogP contribution in [0.5, 0.6) is 0 Å². The largest absolute Gasteiger partial charge is 0.456 e. The maximum Gasteiger partial charge on any atom is 0.167 e. The average Bonchev–Trinajstić information content (AvgIpc) is 3.06. The summed E-state index contributed by atoms with van der Waals surface area (Å²) < 4.78 is 7.78. The van der Waals surface area contributed by atoms with Crippen molar-refractivity contribution in [1.82, 2.24) is 4.40 Å². The maximum atomic E-state index is 11.5. The molecule has 102 valence electrons. The number of aryl methyl sites for hydroxylation is 1. The number of furan rings is 1. The molecular weight excluding hydrogens is 262 g/mol. The number of hydrogen-bond acceptors (Lipinski definition) is 2. The first-order chi connectivity index (χ1) is 10.3. The molecule has 0 saturated carbocycles. The lowest BCUT2D eigenvalue weighted by Gasteiger charge is -1.98. The third kappa shape index (κ3) is 1.78. The van der Waals surface area contributed by atoms with Gasteiger partial charge in [-0.1, -0.05) is 18.2 Å². The van der Waals surface area contributed by atoms with Gasteiger partial charge in [0.05, 0.1) is 5.69 Å². The molecule has 0 bridgehead atoms. The van der Waals surface area contributed by atoms with Gasteiger partial charge < -0.3 is 8.82 Å². The van der Waals surface area contributed by atoms with Crippen LogP contribution in [0.25, 0.3) is 27.8 Å².